The number of nitrogens with one attached hydrogen (secondary N) is 1. The zero-order valence-electron chi connectivity index (χ0n) is 9.61. The van der Waals surface area contributed by atoms with Gasteiger partial charge in [-0.1, -0.05) is 19.1 Å². The third-order valence-electron chi connectivity index (χ3n) is 2.68. The number of nitrogen functional groups attached to an aromatic ring is 1. The fraction of sp³-hybridized carbons (Fsp3) is 0.231. The lowest BCUT2D eigenvalue weighted by atomic mass is 10.1. The molecule has 0 aliphatic rings. The van der Waals surface area contributed by atoms with Crippen molar-refractivity contribution in [1.29, 1.82) is 0 Å². The maximum absolute atomic E-state index is 13.3. The SMILES string of the molecule is CCC(Nc1cccc(F)c1N)c1cccs1. The Kier molecular flexibility index (Phi) is 3.64. The minimum atomic E-state index is -0.379. The van der Waals surface area contributed by atoms with E-state index < -0.39 is 0 Å². The zero-order chi connectivity index (χ0) is 12.3. The van der Waals surface area contributed by atoms with Crippen molar-refractivity contribution in [3.63, 3.8) is 0 Å². The van der Waals surface area contributed by atoms with E-state index in [1.54, 1.807) is 23.5 Å². The van der Waals surface area contributed by atoms with Crippen LogP contribution in [-0.4, -0.2) is 0 Å². The summed E-state index contributed by atoms with van der Waals surface area (Å²) < 4.78 is 13.3. The number of benzene rings is 1. The fourth-order valence-corrected chi connectivity index (χ4v) is 2.58. The first kappa shape index (κ1) is 11.9. The molecule has 1 atom stereocenters. The van der Waals surface area contributed by atoms with Crippen LogP contribution in [0.3, 0.4) is 0 Å². The second-order valence-corrected chi connectivity index (χ2v) is 4.80. The third-order valence-corrected chi connectivity index (χ3v) is 3.66. The van der Waals surface area contributed by atoms with Gasteiger partial charge in [0.1, 0.15) is 5.82 Å². The van der Waals surface area contributed by atoms with Crippen LogP contribution in [-0.2, 0) is 0 Å². The van der Waals surface area contributed by atoms with Gasteiger partial charge in [0, 0.05) is 4.88 Å². The second-order valence-electron chi connectivity index (χ2n) is 3.82. The topological polar surface area (TPSA) is 38.0 Å². The summed E-state index contributed by atoms with van der Waals surface area (Å²) in [7, 11) is 0. The fourth-order valence-electron chi connectivity index (χ4n) is 1.71. The van der Waals surface area contributed by atoms with Crippen molar-refractivity contribution in [1.82, 2.24) is 0 Å². The number of hydrogen-bond acceptors (Lipinski definition) is 3. The monoisotopic (exact) mass is 250 g/mol. The van der Waals surface area contributed by atoms with Crippen LogP contribution in [0.4, 0.5) is 15.8 Å². The van der Waals surface area contributed by atoms with Crippen molar-refractivity contribution in [2.45, 2.75) is 19.4 Å². The van der Waals surface area contributed by atoms with Crippen LogP contribution in [0, 0.1) is 5.82 Å². The summed E-state index contributed by atoms with van der Waals surface area (Å²) in [6.07, 6.45) is 0.927. The molecule has 1 unspecified atom stereocenters. The van der Waals surface area contributed by atoms with Crippen molar-refractivity contribution in [3.05, 3.63) is 46.4 Å². The van der Waals surface area contributed by atoms with Crippen LogP contribution >= 0.6 is 11.3 Å². The van der Waals surface area contributed by atoms with Crippen LogP contribution < -0.4 is 11.1 Å². The van der Waals surface area contributed by atoms with E-state index in [4.69, 9.17) is 5.73 Å². The van der Waals surface area contributed by atoms with Gasteiger partial charge in [-0.05, 0) is 30.0 Å². The first-order chi connectivity index (χ1) is 8.22. The third kappa shape index (κ3) is 2.58. The quantitative estimate of drug-likeness (QED) is 0.804. The van der Waals surface area contributed by atoms with E-state index >= 15 is 0 Å². The first-order valence-electron chi connectivity index (χ1n) is 5.56. The van der Waals surface area contributed by atoms with E-state index in [1.807, 2.05) is 11.4 Å². The van der Waals surface area contributed by atoms with Gasteiger partial charge in [0.05, 0.1) is 17.4 Å². The molecule has 1 aromatic heterocycles. The highest BCUT2D eigenvalue weighted by molar-refractivity contribution is 7.10. The standard InChI is InChI=1S/C13H15FN2S/c1-2-10(12-7-4-8-17-12)16-11-6-3-5-9(14)13(11)15/h3-8,10,16H,2,15H2,1H3. The minimum Gasteiger partial charge on any atom is -0.395 e. The Labute approximate surface area is 104 Å². The summed E-state index contributed by atoms with van der Waals surface area (Å²) in [4.78, 5) is 1.23. The lowest BCUT2D eigenvalue weighted by Gasteiger charge is -2.18. The first-order valence-corrected chi connectivity index (χ1v) is 6.44. The zero-order valence-corrected chi connectivity index (χ0v) is 10.4. The molecular weight excluding hydrogens is 235 g/mol. The van der Waals surface area contributed by atoms with Gasteiger partial charge in [-0.3, -0.25) is 0 Å². The molecule has 0 bridgehead atoms. The summed E-state index contributed by atoms with van der Waals surface area (Å²) in [5.74, 6) is -0.379. The largest absolute Gasteiger partial charge is 0.395 e. The van der Waals surface area contributed by atoms with Crippen LogP contribution in [0.5, 0.6) is 0 Å². The van der Waals surface area contributed by atoms with Crippen molar-refractivity contribution >= 4 is 22.7 Å². The highest BCUT2D eigenvalue weighted by Crippen LogP contribution is 2.29. The number of rotatable bonds is 4. The maximum Gasteiger partial charge on any atom is 0.148 e. The van der Waals surface area contributed by atoms with E-state index in [0.717, 1.165) is 6.42 Å². The molecule has 3 N–H and O–H groups in total. The average molecular weight is 250 g/mol. The predicted molar refractivity (Wildman–Crippen MR) is 71.8 cm³/mol. The van der Waals surface area contributed by atoms with Gasteiger partial charge < -0.3 is 11.1 Å². The molecule has 1 aromatic carbocycles. The van der Waals surface area contributed by atoms with E-state index in [2.05, 4.69) is 18.3 Å². The predicted octanol–water partition coefficient (Wildman–Crippen LogP) is 4.03. The molecule has 0 aliphatic heterocycles. The van der Waals surface area contributed by atoms with Gasteiger partial charge in [-0.2, -0.15) is 0 Å². The molecule has 0 saturated heterocycles. The maximum atomic E-state index is 13.3. The Balaban J connectivity index is 2.22. The molecule has 1 heterocycles. The summed E-state index contributed by atoms with van der Waals surface area (Å²) in [6.45, 7) is 2.09. The Morgan fingerprint density at radius 1 is 1.35 bits per heavy atom. The average Bonchev–Trinajstić information content (AvgIpc) is 2.85. The molecule has 0 radical (unpaired) electrons. The summed E-state index contributed by atoms with van der Waals surface area (Å²) in [5, 5.41) is 5.32. The Hall–Kier alpha value is -1.55. The molecule has 4 heteroatoms. The second kappa shape index (κ2) is 5.19. The molecule has 0 spiro atoms. The normalized spacial score (nSPS) is 12.4. The lowest BCUT2D eigenvalue weighted by molar-refractivity contribution is 0.632. The molecule has 17 heavy (non-hydrogen) atoms. The van der Waals surface area contributed by atoms with Gasteiger partial charge in [-0.15, -0.1) is 11.3 Å². The van der Waals surface area contributed by atoms with E-state index in [9.17, 15) is 4.39 Å². The molecule has 2 aromatic rings. The number of para-hydroxylation sites is 1. The van der Waals surface area contributed by atoms with Crippen molar-refractivity contribution in [2.75, 3.05) is 11.1 Å². The van der Waals surface area contributed by atoms with Gasteiger partial charge in [0.25, 0.3) is 0 Å². The van der Waals surface area contributed by atoms with Crippen molar-refractivity contribution in [2.24, 2.45) is 0 Å². The van der Waals surface area contributed by atoms with Crippen LogP contribution in [0.2, 0.25) is 0 Å². The number of hydrogen-bond donors (Lipinski definition) is 2. The van der Waals surface area contributed by atoms with Gasteiger partial charge in [0.2, 0.25) is 0 Å². The summed E-state index contributed by atoms with van der Waals surface area (Å²) in [6, 6.07) is 9.09. The molecule has 0 fully saturated rings. The van der Waals surface area contributed by atoms with Gasteiger partial charge in [0.15, 0.2) is 0 Å². The summed E-state index contributed by atoms with van der Waals surface area (Å²) in [5.41, 5.74) is 6.55. The Morgan fingerprint density at radius 3 is 2.82 bits per heavy atom. The Bertz CT molecular complexity index is 482. The van der Waals surface area contributed by atoms with Crippen LogP contribution in [0.25, 0.3) is 0 Å². The molecule has 2 rings (SSSR count). The highest BCUT2D eigenvalue weighted by Gasteiger charge is 2.12. The smallest absolute Gasteiger partial charge is 0.148 e. The molecule has 90 valence electrons. The molecule has 2 nitrogen and oxygen atoms in total. The molecule has 0 saturated carbocycles. The number of nitrogens with two attached hydrogens (primary N) is 1. The van der Waals surface area contributed by atoms with Gasteiger partial charge >= 0.3 is 0 Å². The molecule has 0 amide bonds. The van der Waals surface area contributed by atoms with E-state index in [1.165, 1.54) is 10.9 Å². The molecular formula is C13H15FN2S. The Morgan fingerprint density at radius 2 is 2.18 bits per heavy atom. The lowest BCUT2D eigenvalue weighted by Crippen LogP contribution is -2.10. The number of anilines is 2. The van der Waals surface area contributed by atoms with Crippen LogP contribution in [0.1, 0.15) is 24.3 Å². The number of thiophene rings is 1. The van der Waals surface area contributed by atoms with E-state index in [0.29, 0.717) is 5.69 Å². The highest BCUT2D eigenvalue weighted by atomic mass is 32.1. The van der Waals surface area contributed by atoms with Crippen molar-refractivity contribution in [3.8, 4) is 0 Å². The van der Waals surface area contributed by atoms with Crippen LogP contribution in [0.15, 0.2) is 35.7 Å². The summed E-state index contributed by atoms with van der Waals surface area (Å²) >= 11 is 1.69. The number of halogens is 1. The van der Waals surface area contributed by atoms with Crippen molar-refractivity contribution < 1.29 is 4.39 Å². The van der Waals surface area contributed by atoms with E-state index in [-0.39, 0.29) is 17.5 Å². The molecule has 0 aliphatic carbocycles. The minimum absolute atomic E-state index is 0.180. The van der Waals surface area contributed by atoms with Gasteiger partial charge in [-0.25, -0.2) is 4.39 Å².